The topological polar surface area (TPSA) is 123 Å². The second-order valence-electron chi connectivity index (χ2n) is 9.12. The number of aryl methyl sites for hydroxylation is 1. The Morgan fingerprint density at radius 1 is 1.02 bits per heavy atom. The Balaban J connectivity index is 1.58. The first-order valence-electron chi connectivity index (χ1n) is 12.8. The molecule has 2 N–H and O–H groups in total. The number of anilines is 2. The number of benzene rings is 3. The van der Waals surface area contributed by atoms with E-state index >= 15 is 0 Å². The molecule has 3 aromatic carbocycles. The highest BCUT2D eigenvalue weighted by molar-refractivity contribution is 9.10. The van der Waals surface area contributed by atoms with Gasteiger partial charge in [0.1, 0.15) is 11.3 Å². The van der Waals surface area contributed by atoms with Gasteiger partial charge in [-0.1, -0.05) is 40.5 Å². The minimum absolute atomic E-state index is 0.176. The molecule has 0 atom stereocenters. The van der Waals surface area contributed by atoms with Crippen LogP contribution in [-0.2, 0) is 14.4 Å². The fourth-order valence-electron chi connectivity index (χ4n) is 3.95. The molecule has 1 heterocycles. The molecule has 0 radical (unpaired) electrons. The molecular formula is C30H27BrClN3O7. The Hall–Kier alpha value is -4.35. The fraction of sp³-hybridized carbons (Fsp3) is 0.200. The predicted octanol–water partition coefficient (Wildman–Crippen LogP) is 5.89. The van der Waals surface area contributed by atoms with Crippen LogP contribution in [0.2, 0.25) is 5.02 Å². The zero-order chi connectivity index (χ0) is 30.4. The van der Waals surface area contributed by atoms with Gasteiger partial charge in [0.2, 0.25) is 0 Å². The summed E-state index contributed by atoms with van der Waals surface area (Å²) in [6, 6.07) is 13.7. The van der Waals surface area contributed by atoms with Crippen LogP contribution in [0.15, 0.2) is 64.6 Å². The zero-order valence-corrected chi connectivity index (χ0v) is 25.3. The van der Waals surface area contributed by atoms with Crippen molar-refractivity contribution in [3.05, 3.63) is 80.8 Å². The Labute approximate surface area is 255 Å². The van der Waals surface area contributed by atoms with Crippen LogP contribution in [0.1, 0.15) is 24.5 Å². The van der Waals surface area contributed by atoms with Crippen molar-refractivity contribution in [2.75, 3.05) is 30.5 Å². The van der Waals surface area contributed by atoms with E-state index in [-0.39, 0.29) is 23.6 Å². The molecule has 0 saturated carbocycles. The summed E-state index contributed by atoms with van der Waals surface area (Å²) in [5.41, 5.74) is 1.56. The standard InChI is InChI=1S/C30H27BrClN3O7/c1-4-11-41-25-10-8-21(15-26(25)40-3)35-29(38)22(28(37)34-30(35)39)13-18-12-19(31)6-9-24(18)42-16-27(36)33-20-7-5-17(2)23(32)14-20/h5-10,12-15H,4,11,16H2,1-3H3,(H,33,36)(H,34,37,39)/b22-13-. The van der Waals surface area contributed by atoms with Crippen LogP contribution in [-0.4, -0.2) is 44.1 Å². The number of carbonyl (C=O) groups excluding carboxylic acids is 4. The zero-order valence-electron chi connectivity index (χ0n) is 23.0. The number of methoxy groups -OCH3 is 1. The van der Waals surface area contributed by atoms with E-state index in [0.717, 1.165) is 16.9 Å². The van der Waals surface area contributed by atoms with Gasteiger partial charge in [-0.2, -0.15) is 0 Å². The van der Waals surface area contributed by atoms with E-state index < -0.39 is 23.8 Å². The third kappa shape index (κ3) is 7.10. The quantitative estimate of drug-likeness (QED) is 0.206. The van der Waals surface area contributed by atoms with Crippen molar-refractivity contribution in [2.45, 2.75) is 20.3 Å². The average molecular weight is 657 g/mol. The first-order chi connectivity index (χ1) is 20.1. The molecule has 0 aromatic heterocycles. The maximum atomic E-state index is 13.5. The molecule has 5 amide bonds. The van der Waals surface area contributed by atoms with E-state index in [0.29, 0.717) is 38.9 Å². The Bertz CT molecular complexity index is 1590. The number of rotatable bonds is 10. The van der Waals surface area contributed by atoms with E-state index in [1.807, 2.05) is 13.8 Å². The smallest absolute Gasteiger partial charge is 0.335 e. The lowest BCUT2D eigenvalue weighted by atomic mass is 10.1. The van der Waals surface area contributed by atoms with Gasteiger partial charge >= 0.3 is 6.03 Å². The molecule has 10 nitrogen and oxygen atoms in total. The summed E-state index contributed by atoms with van der Waals surface area (Å²) in [7, 11) is 1.44. The van der Waals surface area contributed by atoms with Crippen LogP contribution in [0, 0.1) is 6.92 Å². The van der Waals surface area contributed by atoms with Crippen molar-refractivity contribution >= 4 is 68.7 Å². The van der Waals surface area contributed by atoms with Crippen molar-refractivity contribution in [3.63, 3.8) is 0 Å². The van der Waals surface area contributed by atoms with Gasteiger partial charge in [0, 0.05) is 26.8 Å². The number of hydrogen-bond acceptors (Lipinski definition) is 7. The van der Waals surface area contributed by atoms with Gasteiger partial charge in [0.05, 0.1) is 19.4 Å². The first-order valence-corrected chi connectivity index (χ1v) is 14.0. The highest BCUT2D eigenvalue weighted by Gasteiger charge is 2.37. The van der Waals surface area contributed by atoms with Gasteiger partial charge in [0.25, 0.3) is 17.7 Å². The number of halogens is 2. The number of barbiturate groups is 1. The van der Waals surface area contributed by atoms with Crippen LogP contribution in [0.5, 0.6) is 17.2 Å². The van der Waals surface area contributed by atoms with Crippen LogP contribution in [0.25, 0.3) is 6.08 Å². The number of hydrogen-bond donors (Lipinski definition) is 2. The van der Waals surface area contributed by atoms with Gasteiger partial charge in [-0.3, -0.25) is 19.7 Å². The summed E-state index contributed by atoms with van der Waals surface area (Å²) in [4.78, 5) is 52.4. The average Bonchev–Trinajstić information content (AvgIpc) is 2.95. The summed E-state index contributed by atoms with van der Waals surface area (Å²) in [6.07, 6.45) is 2.08. The number of ether oxygens (including phenoxy) is 3. The second kappa shape index (κ2) is 13.5. The molecule has 4 rings (SSSR count). The molecule has 218 valence electrons. The number of amides is 5. The van der Waals surface area contributed by atoms with E-state index in [9.17, 15) is 19.2 Å². The third-order valence-electron chi connectivity index (χ3n) is 6.05. The van der Waals surface area contributed by atoms with E-state index in [1.54, 1.807) is 42.5 Å². The lowest BCUT2D eigenvalue weighted by Gasteiger charge is -2.27. The summed E-state index contributed by atoms with van der Waals surface area (Å²) >= 11 is 9.51. The first kappa shape index (κ1) is 30.6. The van der Waals surface area contributed by atoms with Crippen molar-refractivity contribution in [3.8, 4) is 17.2 Å². The van der Waals surface area contributed by atoms with Crippen LogP contribution in [0.4, 0.5) is 16.2 Å². The van der Waals surface area contributed by atoms with E-state index in [4.69, 9.17) is 25.8 Å². The highest BCUT2D eigenvalue weighted by atomic mass is 79.9. The predicted molar refractivity (Wildman–Crippen MR) is 162 cm³/mol. The number of nitrogens with zero attached hydrogens (tertiary/aromatic N) is 1. The molecule has 0 aliphatic carbocycles. The molecule has 1 aliphatic heterocycles. The Morgan fingerprint density at radius 2 is 1.79 bits per heavy atom. The summed E-state index contributed by atoms with van der Waals surface area (Å²) in [5.74, 6) is -1.18. The van der Waals surface area contributed by atoms with Crippen molar-refractivity contribution in [1.82, 2.24) is 5.32 Å². The minimum atomic E-state index is -0.912. The van der Waals surface area contributed by atoms with E-state index in [1.165, 1.54) is 25.3 Å². The maximum Gasteiger partial charge on any atom is 0.335 e. The minimum Gasteiger partial charge on any atom is -0.493 e. The fourth-order valence-corrected chi connectivity index (χ4v) is 4.51. The van der Waals surface area contributed by atoms with Gasteiger partial charge in [-0.15, -0.1) is 0 Å². The van der Waals surface area contributed by atoms with Gasteiger partial charge in [0.15, 0.2) is 18.1 Å². The maximum absolute atomic E-state index is 13.5. The second-order valence-corrected chi connectivity index (χ2v) is 10.4. The molecule has 1 aliphatic rings. The van der Waals surface area contributed by atoms with Crippen molar-refractivity contribution in [1.29, 1.82) is 0 Å². The van der Waals surface area contributed by atoms with Gasteiger partial charge in [-0.25, -0.2) is 9.69 Å². The summed E-state index contributed by atoms with van der Waals surface area (Å²) in [5, 5.41) is 5.41. The summed E-state index contributed by atoms with van der Waals surface area (Å²) < 4.78 is 17.4. The van der Waals surface area contributed by atoms with Gasteiger partial charge in [-0.05, 0) is 67.4 Å². The van der Waals surface area contributed by atoms with Crippen LogP contribution in [0.3, 0.4) is 0 Å². The normalized spacial score (nSPS) is 14.1. The number of nitrogens with one attached hydrogen (secondary N) is 2. The lowest BCUT2D eigenvalue weighted by molar-refractivity contribution is -0.122. The molecule has 12 heteroatoms. The lowest BCUT2D eigenvalue weighted by Crippen LogP contribution is -2.54. The van der Waals surface area contributed by atoms with Crippen LogP contribution >= 0.6 is 27.5 Å². The molecule has 1 fully saturated rings. The Kier molecular flexibility index (Phi) is 9.87. The monoisotopic (exact) mass is 655 g/mol. The third-order valence-corrected chi connectivity index (χ3v) is 6.96. The largest absolute Gasteiger partial charge is 0.493 e. The number of urea groups is 1. The molecule has 1 saturated heterocycles. The van der Waals surface area contributed by atoms with Crippen molar-refractivity contribution < 1.29 is 33.4 Å². The SMILES string of the molecule is CCCOc1ccc(N2C(=O)NC(=O)/C(=C/c3cc(Br)ccc3OCC(=O)Nc3ccc(C)c(Cl)c3)C2=O)cc1OC. The molecule has 3 aromatic rings. The highest BCUT2D eigenvalue weighted by Crippen LogP contribution is 2.34. The number of carbonyl (C=O) groups is 4. The molecule has 0 unspecified atom stereocenters. The molecule has 42 heavy (non-hydrogen) atoms. The van der Waals surface area contributed by atoms with Gasteiger partial charge < -0.3 is 19.5 Å². The molecule has 0 spiro atoms. The van der Waals surface area contributed by atoms with Crippen LogP contribution < -0.4 is 29.7 Å². The van der Waals surface area contributed by atoms with Crippen molar-refractivity contribution in [2.24, 2.45) is 0 Å². The molecule has 0 bridgehead atoms. The summed E-state index contributed by atoms with van der Waals surface area (Å²) in [6.45, 7) is 3.91. The molecular weight excluding hydrogens is 630 g/mol. The Morgan fingerprint density at radius 3 is 2.50 bits per heavy atom. The number of imide groups is 2. The van der Waals surface area contributed by atoms with E-state index in [2.05, 4.69) is 26.6 Å².